The van der Waals surface area contributed by atoms with Crippen LogP contribution >= 0.6 is 0 Å². The van der Waals surface area contributed by atoms with Crippen molar-refractivity contribution in [3.8, 4) is 0 Å². The summed E-state index contributed by atoms with van der Waals surface area (Å²) in [4.78, 5) is 27.1. The lowest BCUT2D eigenvalue weighted by atomic mass is 9.88. The summed E-state index contributed by atoms with van der Waals surface area (Å²) in [5, 5.41) is 0. The maximum atomic E-state index is 11.7. The molecule has 0 bridgehead atoms. The van der Waals surface area contributed by atoms with Crippen LogP contribution < -0.4 is 0 Å². The summed E-state index contributed by atoms with van der Waals surface area (Å²) < 4.78 is 0. The van der Waals surface area contributed by atoms with Crippen molar-refractivity contribution in [2.45, 2.75) is 33.6 Å². The molecule has 4 heteroatoms. The van der Waals surface area contributed by atoms with Gasteiger partial charge in [0.2, 0.25) is 5.91 Å². The quantitative estimate of drug-likeness (QED) is 0.707. The highest BCUT2D eigenvalue weighted by atomic mass is 16.2. The Morgan fingerprint density at radius 3 is 1.88 bits per heavy atom. The molecule has 0 fully saturated rings. The van der Waals surface area contributed by atoms with Gasteiger partial charge in [0, 0.05) is 38.4 Å². The van der Waals surface area contributed by atoms with Gasteiger partial charge in [0.05, 0.1) is 0 Å². The van der Waals surface area contributed by atoms with Crippen LogP contribution in [0.15, 0.2) is 0 Å². The monoisotopic (exact) mass is 242 g/mol. The highest BCUT2D eigenvalue weighted by Crippen LogP contribution is 2.17. The first-order valence-electron chi connectivity index (χ1n) is 6.06. The van der Waals surface area contributed by atoms with E-state index in [1.807, 2.05) is 39.8 Å². The number of rotatable bonds is 6. The van der Waals surface area contributed by atoms with Crippen LogP contribution in [0.5, 0.6) is 0 Å². The van der Waals surface area contributed by atoms with Crippen molar-refractivity contribution in [3.63, 3.8) is 0 Å². The lowest BCUT2D eigenvalue weighted by Gasteiger charge is -2.21. The molecule has 4 nitrogen and oxygen atoms in total. The SMILES string of the molecule is CN(C)CCN(C)C(=O)CCC(=O)C(C)(C)C. The minimum absolute atomic E-state index is 0.0458. The molecule has 0 saturated heterocycles. The van der Waals surface area contributed by atoms with E-state index in [4.69, 9.17) is 0 Å². The topological polar surface area (TPSA) is 40.6 Å². The van der Waals surface area contributed by atoms with E-state index in [2.05, 4.69) is 0 Å². The largest absolute Gasteiger partial charge is 0.344 e. The fourth-order valence-corrected chi connectivity index (χ4v) is 1.26. The average Bonchev–Trinajstić information content (AvgIpc) is 2.20. The molecule has 0 aliphatic heterocycles. The number of hydrogen-bond donors (Lipinski definition) is 0. The first-order chi connectivity index (χ1) is 7.64. The van der Waals surface area contributed by atoms with E-state index in [0.717, 1.165) is 6.54 Å². The van der Waals surface area contributed by atoms with Crippen molar-refractivity contribution >= 4 is 11.7 Å². The van der Waals surface area contributed by atoms with Crippen molar-refractivity contribution in [2.24, 2.45) is 5.41 Å². The Labute approximate surface area is 105 Å². The van der Waals surface area contributed by atoms with E-state index in [1.54, 1.807) is 11.9 Å². The van der Waals surface area contributed by atoms with Crippen LogP contribution in [0.3, 0.4) is 0 Å². The molecule has 0 atom stereocenters. The fraction of sp³-hybridized carbons (Fsp3) is 0.846. The van der Waals surface area contributed by atoms with Crippen molar-refractivity contribution in [2.75, 3.05) is 34.2 Å². The molecule has 0 rings (SSSR count). The minimum Gasteiger partial charge on any atom is -0.344 e. The third-order valence-corrected chi connectivity index (χ3v) is 2.71. The van der Waals surface area contributed by atoms with E-state index in [-0.39, 0.29) is 17.1 Å². The summed E-state index contributed by atoms with van der Waals surface area (Å²) >= 11 is 0. The highest BCUT2D eigenvalue weighted by Gasteiger charge is 2.22. The molecule has 1 amide bonds. The van der Waals surface area contributed by atoms with E-state index in [0.29, 0.717) is 19.4 Å². The van der Waals surface area contributed by atoms with Crippen LogP contribution in [-0.2, 0) is 9.59 Å². The number of ketones is 1. The zero-order valence-electron chi connectivity index (χ0n) is 12.0. The molecule has 0 N–H and O–H groups in total. The number of Topliss-reactive ketones (excluding diaryl/α,β-unsaturated/α-hetero) is 1. The Kier molecular flexibility index (Phi) is 6.39. The summed E-state index contributed by atoms with van der Waals surface area (Å²) in [5.41, 5.74) is -0.345. The third-order valence-electron chi connectivity index (χ3n) is 2.71. The van der Waals surface area contributed by atoms with Crippen molar-refractivity contribution in [1.82, 2.24) is 9.80 Å². The number of carbonyl (C=O) groups is 2. The van der Waals surface area contributed by atoms with Crippen LogP contribution in [0.4, 0.5) is 0 Å². The Bertz CT molecular complexity index is 267. The Balaban J connectivity index is 3.98. The summed E-state index contributed by atoms with van der Waals surface area (Å²) in [6.07, 6.45) is 0.661. The summed E-state index contributed by atoms with van der Waals surface area (Å²) in [6.45, 7) is 7.20. The lowest BCUT2D eigenvalue weighted by molar-refractivity contribution is -0.134. The molecule has 0 saturated carbocycles. The second-order valence-corrected chi connectivity index (χ2v) is 5.79. The molecule has 0 heterocycles. The maximum absolute atomic E-state index is 11.7. The van der Waals surface area contributed by atoms with Crippen molar-refractivity contribution < 1.29 is 9.59 Å². The number of likely N-dealkylation sites (N-methyl/N-ethyl adjacent to an activating group) is 2. The van der Waals surface area contributed by atoms with Gasteiger partial charge >= 0.3 is 0 Å². The number of nitrogens with zero attached hydrogens (tertiary/aromatic N) is 2. The van der Waals surface area contributed by atoms with Gasteiger partial charge in [-0.3, -0.25) is 9.59 Å². The van der Waals surface area contributed by atoms with Gasteiger partial charge in [-0.1, -0.05) is 20.8 Å². The van der Waals surface area contributed by atoms with Gasteiger partial charge in [0.25, 0.3) is 0 Å². The van der Waals surface area contributed by atoms with Gasteiger partial charge in [-0.15, -0.1) is 0 Å². The first kappa shape index (κ1) is 16.1. The predicted molar refractivity (Wildman–Crippen MR) is 69.9 cm³/mol. The summed E-state index contributed by atoms with van der Waals surface area (Å²) in [7, 11) is 5.73. The van der Waals surface area contributed by atoms with Gasteiger partial charge < -0.3 is 9.80 Å². The predicted octanol–water partition coefficient (Wildman–Crippen LogP) is 1.40. The molecule has 0 unspecified atom stereocenters. The van der Waals surface area contributed by atoms with Crippen LogP contribution in [-0.4, -0.2) is 55.7 Å². The Morgan fingerprint density at radius 2 is 1.47 bits per heavy atom. The van der Waals surface area contributed by atoms with E-state index in [1.165, 1.54) is 0 Å². The van der Waals surface area contributed by atoms with Gasteiger partial charge in [-0.2, -0.15) is 0 Å². The normalized spacial score (nSPS) is 11.7. The molecule has 0 aromatic heterocycles. The van der Waals surface area contributed by atoms with Crippen molar-refractivity contribution in [1.29, 1.82) is 0 Å². The molecule has 100 valence electrons. The average molecular weight is 242 g/mol. The molecule has 0 spiro atoms. The number of amides is 1. The minimum atomic E-state index is -0.345. The van der Waals surface area contributed by atoms with Crippen molar-refractivity contribution in [3.05, 3.63) is 0 Å². The van der Waals surface area contributed by atoms with E-state index >= 15 is 0 Å². The van der Waals surface area contributed by atoms with Gasteiger partial charge in [0.1, 0.15) is 5.78 Å². The smallest absolute Gasteiger partial charge is 0.222 e. The molecular formula is C13H26N2O2. The first-order valence-corrected chi connectivity index (χ1v) is 6.06. The zero-order chi connectivity index (χ0) is 13.6. The van der Waals surface area contributed by atoms with Gasteiger partial charge in [-0.05, 0) is 14.1 Å². The molecule has 17 heavy (non-hydrogen) atoms. The Morgan fingerprint density at radius 1 is 0.941 bits per heavy atom. The third kappa shape index (κ3) is 7.10. The molecule has 0 aliphatic rings. The van der Waals surface area contributed by atoms with Gasteiger partial charge in [0.15, 0.2) is 0 Å². The van der Waals surface area contributed by atoms with Crippen LogP contribution in [0.2, 0.25) is 0 Å². The molecule has 0 aliphatic carbocycles. The summed E-state index contributed by atoms with van der Waals surface area (Å²) in [5.74, 6) is 0.191. The number of carbonyl (C=O) groups excluding carboxylic acids is 2. The molecule has 0 aromatic rings. The zero-order valence-corrected chi connectivity index (χ0v) is 12.0. The maximum Gasteiger partial charge on any atom is 0.222 e. The van der Waals surface area contributed by atoms with E-state index < -0.39 is 0 Å². The van der Waals surface area contributed by atoms with Crippen LogP contribution in [0, 0.1) is 5.41 Å². The molecule has 0 radical (unpaired) electrons. The second-order valence-electron chi connectivity index (χ2n) is 5.79. The second kappa shape index (κ2) is 6.74. The summed E-state index contributed by atoms with van der Waals surface area (Å²) in [6, 6.07) is 0. The van der Waals surface area contributed by atoms with Gasteiger partial charge in [-0.25, -0.2) is 0 Å². The lowest BCUT2D eigenvalue weighted by Crippen LogP contribution is -2.34. The Hall–Kier alpha value is -0.900. The van der Waals surface area contributed by atoms with Crippen LogP contribution in [0.25, 0.3) is 0 Å². The fourth-order valence-electron chi connectivity index (χ4n) is 1.26. The van der Waals surface area contributed by atoms with Crippen LogP contribution in [0.1, 0.15) is 33.6 Å². The molecule has 0 aromatic carbocycles. The highest BCUT2D eigenvalue weighted by molar-refractivity contribution is 5.88. The van der Waals surface area contributed by atoms with E-state index in [9.17, 15) is 9.59 Å². The standard InChI is InChI=1S/C13H26N2O2/c1-13(2,3)11(16)7-8-12(17)15(6)10-9-14(4)5/h7-10H2,1-6H3. The number of hydrogen-bond acceptors (Lipinski definition) is 3. The molecular weight excluding hydrogens is 216 g/mol.